The van der Waals surface area contributed by atoms with Crippen molar-refractivity contribution < 1.29 is 14.0 Å². The quantitative estimate of drug-likeness (QED) is 0.750. The summed E-state index contributed by atoms with van der Waals surface area (Å²) < 4.78 is 13.3. The molecule has 1 aliphatic heterocycles. The SMILES string of the molecule is C=CCN(C[C@@H]1CC(c2cccc(F)c2)=NO1)C(=O)c1cccs1. The predicted octanol–water partition coefficient (Wildman–Crippen LogP) is 3.71. The highest BCUT2D eigenvalue weighted by molar-refractivity contribution is 7.12. The summed E-state index contributed by atoms with van der Waals surface area (Å²) in [5.41, 5.74) is 1.40. The second-order valence-corrected chi connectivity index (χ2v) is 6.40. The molecule has 2 heterocycles. The van der Waals surface area contributed by atoms with Crippen LogP contribution in [-0.4, -0.2) is 35.7 Å². The number of nitrogens with zero attached hydrogens (tertiary/aromatic N) is 2. The molecule has 0 aliphatic carbocycles. The molecule has 24 heavy (non-hydrogen) atoms. The van der Waals surface area contributed by atoms with Gasteiger partial charge in [0.05, 0.1) is 17.1 Å². The monoisotopic (exact) mass is 344 g/mol. The van der Waals surface area contributed by atoms with Crippen LogP contribution in [0.3, 0.4) is 0 Å². The Morgan fingerprint density at radius 2 is 2.33 bits per heavy atom. The average molecular weight is 344 g/mol. The molecule has 0 bridgehead atoms. The van der Waals surface area contributed by atoms with Gasteiger partial charge in [-0.3, -0.25) is 4.79 Å². The van der Waals surface area contributed by atoms with Crippen LogP contribution >= 0.6 is 11.3 Å². The molecule has 1 aromatic carbocycles. The molecule has 3 rings (SSSR count). The number of hydrogen-bond acceptors (Lipinski definition) is 4. The zero-order valence-corrected chi connectivity index (χ0v) is 13.8. The van der Waals surface area contributed by atoms with Crippen molar-refractivity contribution in [3.8, 4) is 0 Å². The molecule has 0 N–H and O–H groups in total. The number of halogens is 1. The summed E-state index contributed by atoms with van der Waals surface area (Å²) in [5, 5.41) is 5.92. The van der Waals surface area contributed by atoms with Gasteiger partial charge in [0.1, 0.15) is 5.82 Å². The molecule has 2 aromatic rings. The van der Waals surface area contributed by atoms with E-state index in [1.54, 1.807) is 29.2 Å². The lowest BCUT2D eigenvalue weighted by Gasteiger charge is -2.22. The predicted molar refractivity (Wildman–Crippen MR) is 92.8 cm³/mol. The van der Waals surface area contributed by atoms with Gasteiger partial charge in [-0.05, 0) is 23.6 Å². The fourth-order valence-corrected chi connectivity index (χ4v) is 3.25. The Morgan fingerprint density at radius 1 is 1.46 bits per heavy atom. The number of rotatable bonds is 6. The molecule has 0 unspecified atom stereocenters. The van der Waals surface area contributed by atoms with Gasteiger partial charge in [-0.2, -0.15) is 0 Å². The lowest BCUT2D eigenvalue weighted by atomic mass is 10.0. The molecular formula is C18H17FN2O2S. The standard InChI is InChI=1S/C18H17FN2O2S/c1-2-8-21(18(22)17-7-4-9-24-17)12-15-11-16(20-23-15)13-5-3-6-14(19)10-13/h2-7,9-10,15H,1,8,11-12H2/t15-/m0/s1. The minimum absolute atomic E-state index is 0.0484. The molecule has 1 amide bonds. The van der Waals surface area contributed by atoms with Crippen molar-refractivity contribution in [3.05, 3.63) is 70.7 Å². The zero-order valence-electron chi connectivity index (χ0n) is 13.0. The van der Waals surface area contributed by atoms with E-state index in [2.05, 4.69) is 11.7 Å². The smallest absolute Gasteiger partial charge is 0.264 e. The van der Waals surface area contributed by atoms with E-state index < -0.39 is 0 Å². The number of thiophene rings is 1. The van der Waals surface area contributed by atoms with E-state index >= 15 is 0 Å². The van der Waals surface area contributed by atoms with E-state index in [-0.39, 0.29) is 17.8 Å². The van der Waals surface area contributed by atoms with Crippen molar-refractivity contribution in [1.29, 1.82) is 0 Å². The first-order valence-electron chi connectivity index (χ1n) is 7.59. The molecule has 0 saturated carbocycles. The van der Waals surface area contributed by atoms with Crippen LogP contribution in [0.15, 0.2) is 59.6 Å². The maximum absolute atomic E-state index is 13.3. The summed E-state index contributed by atoms with van der Waals surface area (Å²) in [4.78, 5) is 20.3. The first kappa shape index (κ1) is 16.4. The number of carbonyl (C=O) groups excluding carboxylic acids is 1. The van der Waals surface area contributed by atoms with Crippen LogP contribution in [0, 0.1) is 5.82 Å². The Bertz CT molecular complexity index is 758. The number of carbonyl (C=O) groups is 1. The highest BCUT2D eigenvalue weighted by atomic mass is 32.1. The first-order chi connectivity index (χ1) is 11.7. The molecule has 1 aliphatic rings. The minimum Gasteiger partial charge on any atom is -0.390 e. The molecule has 1 atom stereocenters. The van der Waals surface area contributed by atoms with Crippen molar-refractivity contribution in [3.63, 3.8) is 0 Å². The number of hydrogen-bond donors (Lipinski definition) is 0. The molecule has 0 radical (unpaired) electrons. The summed E-state index contributed by atoms with van der Waals surface area (Å²) >= 11 is 1.41. The lowest BCUT2D eigenvalue weighted by Crippen LogP contribution is -2.37. The summed E-state index contributed by atoms with van der Waals surface area (Å²) in [7, 11) is 0. The van der Waals surface area contributed by atoms with E-state index in [1.807, 2.05) is 11.4 Å². The minimum atomic E-state index is -0.306. The van der Waals surface area contributed by atoms with E-state index in [1.165, 1.54) is 23.5 Å². The zero-order chi connectivity index (χ0) is 16.9. The third kappa shape index (κ3) is 3.71. The van der Waals surface area contributed by atoms with E-state index in [0.29, 0.717) is 35.7 Å². The van der Waals surface area contributed by atoms with Crippen molar-refractivity contribution in [2.75, 3.05) is 13.1 Å². The van der Waals surface area contributed by atoms with Crippen LogP contribution in [0.4, 0.5) is 4.39 Å². The van der Waals surface area contributed by atoms with Gasteiger partial charge in [0.25, 0.3) is 5.91 Å². The highest BCUT2D eigenvalue weighted by Crippen LogP contribution is 2.20. The third-order valence-electron chi connectivity index (χ3n) is 3.68. The molecule has 1 aromatic heterocycles. The maximum atomic E-state index is 13.3. The molecule has 124 valence electrons. The Morgan fingerprint density at radius 3 is 3.04 bits per heavy atom. The molecule has 6 heteroatoms. The van der Waals surface area contributed by atoms with E-state index in [9.17, 15) is 9.18 Å². The summed E-state index contributed by atoms with van der Waals surface area (Å²) in [6.07, 6.45) is 1.98. The summed E-state index contributed by atoms with van der Waals surface area (Å²) in [5.74, 6) is -0.354. The lowest BCUT2D eigenvalue weighted by molar-refractivity contribution is 0.0452. The Hall–Kier alpha value is -2.47. The molecule has 0 fully saturated rings. The second kappa shape index (κ2) is 7.40. The van der Waals surface area contributed by atoms with E-state index in [0.717, 1.165) is 0 Å². The second-order valence-electron chi connectivity index (χ2n) is 5.46. The first-order valence-corrected chi connectivity index (χ1v) is 8.47. The fourth-order valence-electron chi connectivity index (χ4n) is 2.56. The molecule has 0 spiro atoms. The molecule has 0 saturated heterocycles. The van der Waals surface area contributed by atoms with Crippen molar-refractivity contribution in [2.45, 2.75) is 12.5 Å². The normalized spacial score (nSPS) is 16.4. The largest absolute Gasteiger partial charge is 0.390 e. The van der Waals surface area contributed by atoms with Crippen LogP contribution in [-0.2, 0) is 4.84 Å². The summed E-state index contributed by atoms with van der Waals surface area (Å²) in [6, 6.07) is 9.91. The van der Waals surface area contributed by atoms with Crippen molar-refractivity contribution in [1.82, 2.24) is 4.90 Å². The van der Waals surface area contributed by atoms with Gasteiger partial charge in [-0.15, -0.1) is 17.9 Å². The fraction of sp³-hybridized carbons (Fsp3) is 0.222. The van der Waals surface area contributed by atoms with Gasteiger partial charge in [0, 0.05) is 18.5 Å². The van der Waals surface area contributed by atoms with Crippen molar-refractivity contribution >= 4 is 23.0 Å². The van der Waals surface area contributed by atoms with Crippen LogP contribution in [0.1, 0.15) is 21.7 Å². The van der Waals surface area contributed by atoms with E-state index in [4.69, 9.17) is 4.84 Å². The average Bonchev–Trinajstić information content (AvgIpc) is 3.26. The number of benzene rings is 1. The van der Waals surface area contributed by atoms with Gasteiger partial charge >= 0.3 is 0 Å². The van der Waals surface area contributed by atoms with Crippen LogP contribution < -0.4 is 0 Å². The Balaban J connectivity index is 1.65. The third-order valence-corrected chi connectivity index (χ3v) is 4.54. The number of oxime groups is 1. The van der Waals surface area contributed by atoms with Gasteiger partial charge < -0.3 is 9.74 Å². The summed E-state index contributed by atoms with van der Waals surface area (Å²) in [6.45, 7) is 4.55. The van der Waals surface area contributed by atoms with Crippen LogP contribution in [0.5, 0.6) is 0 Å². The maximum Gasteiger partial charge on any atom is 0.264 e. The Labute approximate surface area is 143 Å². The number of amides is 1. The van der Waals surface area contributed by atoms with Crippen LogP contribution in [0.25, 0.3) is 0 Å². The van der Waals surface area contributed by atoms with Gasteiger partial charge in [-0.1, -0.05) is 29.4 Å². The highest BCUT2D eigenvalue weighted by Gasteiger charge is 2.27. The molecular weight excluding hydrogens is 327 g/mol. The van der Waals surface area contributed by atoms with Gasteiger partial charge in [-0.25, -0.2) is 4.39 Å². The van der Waals surface area contributed by atoms with Gasteiger partial charge in [0.15, 0.2) is 6.10 Å². The Kier molecular flexibility index (Phi) is 5.05. The molecule has 4 nitrogen and oxygen atoms in total. The topological polar surface area (TPSA) is 41.9 Å². The van der Waals surface area contributed by atoms with Crippen molar-refractivity contribution in [2.24, 2.45) is 5.16 Å². The van der Waals surface area contributed by atoms with Gasteiger partial charge in [0.2, 0.25) is 0 Å². The van der Waals surface area contributed by atoms with Crippen LogP contribution in [0.2, 0.25) is 0 Å².